The van der Waals surface area contributed by atoms with E-state index in [9.17, 15) is 0 Å². The van der Waals surface area contributed by atoms with Crippen molar-refractivity contribution < 1.29 is 0 Å². The van der Waals surface area contributed by atoms with Crippen LogP contribution in [0, 0.1) is 5.92 Å². The van der Waals surface area contributed by atoms with E-state index >= 15 is 0 Å². The SMILES string of the molecule is CCC1C(c2ccccc2)=NC(c2ccc(-c3c(C4N=C(c5ccccc5)C=C(c5ccccc5)N4)ccc4ccccc34)cc2)=NC1c1ccccc1. The van der Waals surface area contributed by atoms with Gasteiger partial charge in [-0.2, -0.15) is 0 Å². The number of amidine groups is 1. The molecule has 260 valence electrons. The summed E-state index contributed by atoms with van der Waals surface area (Å²) in [6, 6.07) is 64.1. The second-order valence-electron chi connectivity index (χ2n) is 13.9. The topological polar surface area (TPSA) is 49.1 Å². The molecule has 2 heterocycles. The van der Waals surface area contributed by atoms with E-state index in [1.807, 2.05) is 6.07 Å². The lowest BCUT2D eigenvalue weighted by atomic mass is 9.83. The first-order valence-electron chi connectivity index (χ1n) is 18.8. The van der Waals surface area contributed by atoms with E-state index in [0.717, 1.165) is 68.3 Å². The van der Waals surface area contributed by atoms with E-state index in [1.165, 1.54) is 16.3 Å². The summed E-state index contributed by atoms with van der Waals surface area (Å²) in [5.74, 6) is 0.941. The molecule has 3 atom stereocenters. The van der Waals surface area contributed by atoms with Crippen LogP contribution < -0.4 is 5.32 Å². The molecular formula is C50H40N4. The Morgan fingerprint density at radius 2 is 1.11 bits per heavy atom. The zero-order valence-electron chi connectivity index (χ0n) is 30.2. The summed E-state index contributed by atoms with van der Waals surface area (Å²) in [4.78, 5) is 16.0. The summed E-state index contributed by atoms with van der Waals surface area (Å²) in [5.41, 5.74) is 12.1. The third-order valence-corrected chi connectivity index (χ3v) is 10.6. The highest BCUT2D eigenvalue weighted by atomic mass is 15.1. The van der Waals surface area contributed by atoms with Crippen LogP contribution in [0.25, 0.3) is 27.6 Å². The molecule has 0 fully saturated rings. The zero-order chi connectivity index (χ0) is 36.3. The van der Waals surface area contributed by atoms with Gasteiger partial charge in [0.15, 0.2) is 5.84 Å². The Morgan fingerprint density at radius 3 is 1.80 bits per heavy atom. The van der Waals surface area contributed by atoms with Gasteiger partial charge < -0.3 is 5.32 Å². The molecule has 0 spiro atoms. The Bertz CT molecular complexity index is 2540. The minimum Gasteiger partial charge on any atom is -0.359 e. The highest BCUT2D eigenvalue weighted by Gasteiger charge is 2.32. The first kappa shape index (κ1) is 33.2. The molecule has 0 bridgehead atoms. The van der Waals surface area contributed by atoms with Crippen molar-refractivity contribution in [2.45, 2.75) is 25.6 Å². The molecule has 54 heavy (non-hydrogen) atoms. The van der Waals surface area contributed by atoms with Crippen LogP contribution >= 0.6 is 0 Å². The van der Waals surface area contributed by atoms with E-state index in [1.54, 1.807) is 0 Å². The predicted octanol–water partition coefficient (Wildman–Crippen LogP) is 11.7. The second-order valence-corrected chi connectivity index (χ2v) is 13.9. The van der Waals surface area contributed by atoms with E-state index in [0.29, 0.717) is 0 Å². The van der Waals surface area contributed by atoms with Crippen LogP contribution in [0.5, 0.6) is 0 Å². The van der Waals surface area contributed by atoms with Gasteiger partial charge in [-0.1, -0.05) is 189 Å². The third kappa shape index (κ3) is 6.48. The number of nitrogens with one attached hydrogen (secondary N) is 1. The standard InChI is InChI=1S/C50H40N4/c1-2-41-47(38-22-11-5-12-23-38)53-49(54-48(41)39-24-13-6-14-25-39)40-29-27-37(28-30-40)46-42-26-16-15-17-34(42)31-32-43(46)50-51-44(35-18-7-3-8-19-35)33-45(52-50)36-20-9-4-10-21-36/h3-33,41,47,50-51H,2H2,1H3. The average Bonchev–Trinajstić information content (AvgIpc) is 3.26. The fourth-order valence-electron chi connectivity index (χ4n) is 7.85. The van der Waals surface area contributed by atoms with E-state index in [-0.39, 0.29) is 18.1 Å². The molecule has 0 saturated heterocycles. The number of benzene rings is 7. The van der Waals surface area contributed by atoms with Crippen LogP contribution in [-0.4, -0.2) is 17.3 Å². The van der Waals surface area contributed by atoms with Crippen molar-refractivity contribution >= 4 is 33.7 Å². The van der Waals surface area contributed by atoms with Gasteiger partial charge in [0.1, 0.15) is 6.17 Å². The summed E-state index contributed by atoms with van der Waals surface area (Å²) in [7, 11) is 0. The van der Waals surface area contributed by atoms with Gasteiger partial charge >= 0.3 is 0 Å². The molecule has 0 amide bonds. The number of allylic oxidation sites excluding steroid dienone is 1. The molecule has 0 radical (unpaired) electrons. The third-order valence-electron chi connectivity index (χ3n) is 10.6. The van der Waals surface area contributed by atoms with Crippen LogP contribution in [0.2, 0.25) is 0 Å². The Kier molecular flexibility index (Phi) is 9.08. The van der Waals surface area contributed by atoms with Crippen LogP contribution in [0.1, 0.15) is 58.9 Å². The van der Waals surface area contributed by atoms with Gasteiger partial charge in [0, 0.05) is 22.7 Å². The highest BCUT2D eigenvalue weighted by Crippen LogP contribution is 2.40. The molecule has 7 aromatic carbocycles. The first-order chi connectivity index (χ1) is 26.7. The van der Waals surface area contributed by atoms with Crippen LogP contribution in [0.15, 0.2) is 203 Å². The molecule has 4 nitrogen and oxygen atoms in total. The quantitative estimate of drug-likeness (QED) is 0.169. The van der Waals surface area contributed by atoms with Gasteiger partial charge in [0.25, 0.3) is 0 Å². The fraction of sp³-hybridized carbons (Fsp3) is 0.100. The van der Waals surface area contributed by atoms with Crippen molar-refractivity contribution in [1.82, 2.24) is 5.32 Å². The molecule has 7 aromatic rings. The number of hydrogen-bond acceptors (Lipinski definition) is 4. The lowest BCUT2D eigenvalue weighted by Crippen LogP contribution is -2.28. The maximum absolute atomic E-state index is 5.36. The van der Waals surface area contributed by atoms with Crippen LogP contribution in [-0.2, 0) is 0 Å². The van der Waals surface area contributed by atoms with Crippen molar-refractivity contribution in [3.8, 4) is 11.1 Å². The van der Waals surface area contributed by atoms with Crippen LogP contribution in [0.3, 0.4) is 0 Å². The summed E-state index contributed by atoms with van der Waals surface area (Å²) in [6.07, 6.45) is 2.80. The van der Waals surface area contributed by atoms with Gasteiger partial charge in [-0.3, -0.25) is 9.98 Å². The largest absolute Gasteiger partial charge is 0.359 e. The maximum Gasteiger partial charge on any atom is 0.155 e. The van der Waals surface area contributed by atoms with Gasteiger partial charge in [0.2, 0.25) is 0 Å². The van der Waals surface area contributed by atoms with Crippen molar-refractivity contribution in [1.29, 1.82) is 0 Å². The molecule has 2 aliphatic heterocycles. The predicted molar refractivity (Wildman–Crippen MR) is 225 cm³/mol. The molecule has 0 aromatic heterocycles. The fourth-order valence-corrected chi connectivity index (χ4v) is 7.85. The Labute approximate surface area is 317 Å². The van der Waals surface area contributed by atoms with Gasteiger partial charge in [-0.15, -0.1) is 0 Å². The van der Waals surface area contributed by atoms with Gasteiger partial charge in [-0.25, -0.2) is 4.99 Å². The molecule has 1 N–H and O–H groups in total. The monoisotopic (exact) mass is 696 g/mol. The van der Waals surface area contributed by atoms with Crippen LogP contribution in [0.4, 0.5) is 0 Å². The minimum atomic E-state index is -0.307. The molecule has 9 rings (SSSR count). The number of aliphatic imine (C=N–C) groups is 3. The van der Waals surface area contributed by atoms with E-state index < -0.39 is 0 Å². The lowest BCUT2D eigenvalue weighted by molar-refractivity contribution is 0.532. The van der Waals surface area contributed by atoms with Crippen molar-refractivity contribution in [2.24, 2.45) is 20.9 Å². The maximum atomic E-state index is 5.36. The molecule has 0 saturated carbocycles. The zero-order valence-corrected chi connectivity index (χ0v) is 30.2. The van der Waals surface area contributed by atoms with Crippen molar-refractivity contribution in [2.75, 3.05) is 0 Å². The molecule has 0 aliphatic carbocycles. The first-order valence-corrected chi connectivity index (χ1v) is 18.8. The lowest BCUT2D eigenvalue weighted by Gasteiger charge is -2.30. The van der Waals surface area contributed by atoms with E-state index in [4.69, 9.17) is 15.0 Å². The number of hydrogen-bond donors (Lipinski definition) is 1. The Balaban J connectivity index is 1.15. The Morgan fingerprint density at radius 1 is 0.519 bits per heavy atom. The average molecular weight is 697 g/mol. The summed E-state index contributed by atoms with van der Waals surface area (Å²) < 4.78 is 0. The van der Waals surface area contributed by atoms with Crippen molar-refractivity contribution in [3.05, 3.63) is 221 Å². The Hall–Kier alpha value is -6.65. The number of rotatable bonds is 8. The number of fused-ring (bicyclic) bond motifs is 1. The summed E-state index contributed by atoms with van der Waals surface area (Å²) in [5, 5.41) is 6.18. The normalized spacial score (nSPS) is 18.2. The highest BCUT2D eigenvalue weighted by molar-refractivity contribution is 6.15. The summed E-state index contributed by atoms with van der Waals surface area (Å²) in [6.45, 7) is 2.24. The minimum absolute atomic E-state index is 0.0239. The van der Waals surface area contributed by atoms with Crippen molar-refractivity contribution in [3.63, 3.8) is 0 Å². The number of nitrogens with zero attached hydrogens (tertiary/aromatic N) is 3. The second kappa shape index (κ2) is 14.8. The molecule has 4 heteroatoms. The molecule has 3 unspecified atom stereocenters. The van der Waals surface area contributed by atoms with E-state index in [2.05, 4.69) is 194 Å². The molecular weight excluding hydrogens is 657 g/mol. The molecule has 2 aliphatic rings. The smallest absolute Gasteiger partial charge is 0.155 e. The summed E-state index contributed by atoms with van der Waals surface area (Å²) >= 11 is 0. The van der Waals surface area contributed by atoms with Gasteiger partial charge in [-0.05, 0) is 56.6 Å². The van der Waals surface area contributed by atoms with Gasteiger partial charge in [0.05, 0.1) is 17.5 Å².